The molecule has 0 saturated carbocycles. The molecule has 11 nitrogen and oxygen atoms in total. The molecule has 37 heavy (non-hydrogen) atoms. The van der Waals surface area contributed by atoms with E-state index in [0.717, 1.165) is 16.2 Å². The summed E-state index contributed by atoms with van der Waals surface area (Å²) in [6.45, 7) is 10.2. The highest BCUT2D eigenvalue weighted by atomic mass is 16.5. The van der Waals surface area contributed by atoms with Gasteiger partial charge in [0.05, 0.1) is 7.11 Å². The van der Waals surface area contributed by atoms with E-state index in [9.17, 15) is 19.2 Å². The number of ether oxygens (including phenoxy) is 1. The molecule has 0 spiro atoms. The zero-order valence-corrected chi connectivity index (χ0v) is 22.4. The van der Waals surface area contributed by atoms with Gasteiger partial charge in [-0.25, -0.2) is 4.79 Å². The molecule has 11 heteroatoms. The number of carbonyl (C=O) groups is 4. The van der Waals surface area contributed by atoms with Gasteiger partial charge in [0, 0.05) is 29.5 Å². The monoisotopic (exact) mass is 513 g/mol. The van der Waals surface area contributed by atoms with Crippen molar-refractivity contribution in [1.29, 1.82) is 0 Å². The number of aromatic nitrogens is 2. The van der Waals surface area contributed by atoms with Crippen molar-refractivity contribution in [2.24, 2.45) is 17.1 Å². The lowest BCUT2D eigenvalue weighted by Crippen LogP contribution is -2.59. The van der Waals surface area contributed by atoms with Gasteiger partial charge < -0.3 is 19.9 Å². The zero-order chi connectivity index (χ0) is 27.7. The maximum Gasteiger partial charge on any atom is 0.410 e. The largest absolute Gasteiger partial charge is 0.453 e. The summed E-state index contributed by atoms with van der Waals surface area (Å²) < 4.78 is 10.2. The number of carbonyl (C=O) groups excluding carboxylic acids is 4. The van der Waals surface area contributed by atoms with Gasteiger partial charge in [0.2, 0.25) is 17.6 Å². The molecule has 0 aliphatic carbocycles. The first-order chi connectivity index (χ1) is 17.2. The van der Waals surface area contributed by atoms with Gasteiger partial charge in [-0.05, 0) is 30.9 Å². The first kappa shape index (κ1) is 27.8. The summed E-state index contributed by atoms with van der Waals surface area (Å²) in [4.78, 5) is 56.2. The third-order valence-corrected chi connectivity index (χ3v) is 6.70. The number of primary amides is 1. The molecule has 2 N–H and O–H groups in total. The number of anilines is 1. The highest BCUT2D eigenvalue weighted by Gasteiger charge is 2.49. The molecule has 3 amide bonds. The number of hydrogen-bond donors (Lipinski definition) is 1. The van der Waals surface area contributed by atoms with E-state index in [2.05, 4.69) is 10.4 Å². The van der Waals surface area contributed by atoms with Gasteiger partial charge in [-0.1, -0.05) is 52.8 Å². The van der Waals surface area contributed by atoms with Crippen molar-refractivity contribution in [2.45, 2.75) is 59.4 Å². The summed E-state index contributed by atoms with van der Waals surface area (Å²) in [5.41, 5.74) is 4.79. The maximum absolute atomic E-state index is 13.9. The molecule has 0 saturated heterocycles. The predicted octanol–water partition coefficient (Wildman–Crippen LogP) is 2.72. The Morgan fingerprint density at radius 3 is 2.38 bits per heavy atom. The van der Waals surface area contributed by atoms with E-state index in [1.54, 1.807) is 39.5 Å². The molecular weight excluding hydrogens is 478 g/mol. The number of methoxy groups -OCH3 is 1. The molecule has 0 fully saturated rings. The molecule has 2 heterocycles. The summed E-state index contributed by atoms with van der Waals surface area (Å²) in [6.07, 6.45) is -0.189. The van der Waals surface area contributed by atoms with Gasteiger partial charge in [0.1, 0.15) is 11.5 Å². The van der Waals surface area contributed by atoms with Crippen LogP contribution in [0.5, 0.6) is 0 Å². The van der Waals surface area contributed by atoms with E-state index in [-0.39, 0.29) is 23.3 Å². The second kappa shape index (κ2) is 10.3. The predicted molar refractivity (Wildman–Crippen MR) is 135 cm³/mol. The number of ketones is 1. The number of amides is 3. The Bertz CT molecular complexity index is 1200. The number of nitrogens with two attached hydrogens (primary N) is 1. The Morgan fingerprint density at radius 1 is 1.16 bits per heavy atom. The zero-order valence-electron chi connectivity index (χ0n) is 22.4. The fourth-order valence-corrected chi connectivity index (χ4v) is 4.59. The number of benzene rings is 1. The van der Waals surface area contributed by atoms with Crippen LogP contribution in [0.3, 0.4) is 0 Å². The second-order valence-corrected chi connectivity index (χ2v) is 10.9. The van der Waals surface area contributed by atoms with Gasteiger partial charge >= 0.3 is 6.09 Å². The fourth-order valence-electron chi connectivity index (χ4n) is 4.59. The van der Waals surface area contributed by atoms with Crippen LogP contribution in [0.1, 0.15) is 63.4 Å². The average molecular weight is 514 g/mol. The van der Waals surface area contributed by atoms with Crippen molar-refractivity contribution in [2.75, 3.05) is 25.1 Å². The Labute approximate surface area is 216 Å². The lowest BCUT2D eigenvalue weighted by Gasteiger charge is -2.38. The Balaban J connectivity index is 2.04. The SMILES string of the molecule is COC(=O)N(CC(C)(C(N)=O)C(=O)c1nnoc1C(C)(C)C)[C@H](C(=O)N1CCc2ccccc21)C(C)C. The van der Waals surface area contributed by atoms with E-state index in [0.29, 0.717) is 13.0 Å². The normalized spacial score (nSPS) is 15.6. The first-order valence-corrected chi connectivity index (χ1v) is 12.2. The van der Waals surface area contributed by atoms with Gasteiger partial charge in [0.25, 0.3) is 0 Å². The second-order valence-electron chi connectivity index (χ2n) is 10.9. The molecule has 1 aliphatic heterocycles. The smallest absolute Gasteiger partial charge is 0.410 e. The quantitative estimate of drug-likeness (QED) is 0.418. The topological polar surface area (TPSA) is 149 Å². The van der Waals surface area contributed by atoms with Crippen LogP contribution in [0, 0.1) is 11.3 Å². The lowest BCUT2D eigenvalue weighted by molar-refractivity contribution is -0.129. The Kier molecular flexibility index (Phi) is 7.75. The minimum Gasteiger partial charge on any atom is -0.453 e. The van der Waals surface area contributed by atoms with Crippen LogP contribution in [0.25, 0.3) is 0 Å². The van der Waals surface area contributed by atoms with Crippen molar-refractivity contribution >= 4 is 29.4 Å². The summed E-state index contributed by atoms with van der Waals surface area (Å²) >= 11 is 0. The third kappa shape index (κ3) is 5.21. The van der Waals surface area contributed by atoms with E-state index >= 15 is 0 Å². The van der Waals surface area contributed by atoms with Gasteiger partial charge in [-0.15, -0.1) is 5.10 Å². The summed E-state index contributed by atoms with van der Waals surface area (Å²) in [7, 11) is 1.17. The number of Topliss-reactive ketones (excluding diaryl/α,β-unsaturated/α-hetero) is 1. The number of nitrogens with zero attached hydrogens (tertiary/aromatic N) is 4. The van der Waals surface area contributed by atoms with Crippen molar-refractivity contribution in [3.63, 3.8) is 0 Å². The Hall–Kier alpha value is -3.76. The van der Waals surface area contributed by atoms with E-state index in [1.165, 1.54) is 14.0 Å². The van der Waals surface area contributed by atoms with Crippen LogP contribution < -0.4 is 10.6 Å². The summed E-state index contributed by atoms with van der Waals surface area (Å²) in [6, 6.07) is 6.51. The lowest BCUT2D eigenvalue weighted by atomic mass is 9.79. The van der Waals surface area contributed by atoms with Crippen LogP contribution in [0.15, 0.2) is 28.8 Å². The number of para-hydroxylation sites is 1. The molecule has 2 atom stereocenters. The molecule has 0 bridgehead atoms. The molecular formula is C26H35N5O6. The van der Waals surface area contributed by atoms with Gasteiger partial charge in [0.15, 0.2) is 11.5 Å². The van der Waals surface area contributed by atoms with E-state index < -0.39 is 41.2 Å². The highest BCUT2D eigenvalue weighted by molar-refractivity contribution is 6.13. The highest BCUT2D eigenvalue weighted by Crippen LogP contribution is 2.34. The Morgan fingerprint density at radius 2 is 1.81 bits per heavy atom. The van der Waals surface area contributed by atoms with Gasteiger partial charge in [-0.3, -0.25) is 19.3 Å². The molecule has 1 aromatic heterocycles. The number of rotatable bonds is 8. The van der Waals surface area contributed by atoms with Crippen LogP contribution in [-0.2, 0) is 26.2 Å². The fraction of sp³-hybridized carbons (Fsp3) is 0.538. The van der Waals surface area contributed by atoms with Crippen molar-refractivity contribution in [1.82, 2.24) is 15.3 Å². The number of hydrogen-bond acceptors (Lipinski definition) is 8. The molecule has 2 aromatic rings. The van der Waals surface area contributed by atoms with E-state index in [4.69, 9.17) is 15.0 Å². The number of fused-ring (bicyclic) bond motifs is 1. The van der Waals surface area contributed by atoms with Crippen molar-refractivity contribution in [3.05, 3.63) is 41.3 Å². The van der Waals surface area contributed by atoms with Crippen LogP contribution in [-0.4, -0.2) is 65.2 Å². The molecule has 0 radical (unpaired) electrons. The minimum absolute atomic E-state index is 0.153. The van der Waals surface area contributed by atoms with Crippen molar-refractivity contribution in [3.8, 4) is 0 Å². The third-order valence-electron chi connectivity index (χ3n) is 6.70. The molecule has 3 rings (SSSR count). The average Bonchev–Trinajstić information content (AvgIpc) is 3.49. The molecule has 1 aliphatic rings. The summed E-state index contributed by atoms with van der Waals surface area (Å²) in [5.74, 6) is -2.30. The molecule has 1 unspecified atom stereocenters. The minimum atomic E-state index is -1.96. The van der Waals surface area contributed by atoms with Crippen LogP contribution in [0.4, 0.5) is 10.5 Å². The van der Waals surface area contributed by atoms with Crippen molar-refractivity contribution < 1.29 is 28.4 Å². The maximum atomic E-state index is 13.9. The standard InChI is InChI=1S/C26H35N5O6/c1-15(2)19(22(33)30-13-12-16-10-8-9-11-17(16)30)31(24(35)36-7)14-26(6,23(27)34)20(32)18-21(25(3,4)5)37-29-28-18/h8-11,15,19H,12-14H2,1-7H3,(H2,27,34)/t19-,26?/m0/s1. The van der Waals surface area contributed by atoms with Crippen LogP contribution >= 0.6 is 0 Å². The van der Waals surface area contributed by atoms with E-state index in [1.807, 2.05) is 24.3 Å². The van der Waals surface area contributed by atoms with Gasteiger partial charge in [-0.2, -0.15) is 0 Å². The molecule has 1 aromatic carbocycles. The summed E-state index contributed by atoms with van der Waals surface area (Å²) in [5, 5.41) is 7.34. The molecule has 200 valence electrons. The first-order valence-electron chi connectivity index (χ1n) is 12.2. The van der Waals surface area contributed by atoms with Crippen LogP contribution in [0.2, 0.25) is 0 Å².